The second-order valence-corrected chi connectivity index (χ2v) is 17.3. The predicted molar refractivity (Wildman–Crippen MR) is 256 cm³/mol. The fourth-order valence-electron chi connectivity index (χ4n) is 11.0. The number of furan rings is 1. The van der Waals surface area contributed by atoms with Gasteiger partial charge in [0.25, 0.3) is 0 Å². The molecule has 1 aliphatic carbocycles. The van der Waals surface area contributed by atoms with E-state index in [4.69, 9.17) is 14.4 Å². The Hall–Kier alpha value is -8.02. The fourth-order valence-corrected chi connectivity index (χ4v) is 11.0. The molecule has 0 amide bonds. The molecule has 0 spiro atoms. The zero-order chi connectivity index (χ0) is 40.8. The molecule has 4 heterocycles. The molecule has 5 heteroatoms. The lowest BCUT2D eigenvalue weighted by atomic mass is 9.82. The highest BCUT2D eigenvalue weighted by Crippen LogP contribution is 2.51. The zero-order valence-electron chi connectivity index (χ0n) is 34.0. The minimum absolute atomic E-state index is 0.177. The van der Waals surface area contributed by atoms with Gasteiger partial charge in [0, 0.05) is 43.6 Å². The Morgan fingerprint density at radius 1 is 0.452 bits per heavy atom. The number of hydrogen-bond donors (Lipinski definition) is 0. The van der Waals surface area contributed by atoms with Crippen molar-refractivity contribution in [1.29, 1.82) is 0 Å². The highest BCUT2D eigenvalue weighted by atomic mass is 16.3. The fraction of sp³-hybridized carbons (Fsp3) is 0.0526. The number of rotatable bonds is 3. The van der Waals surface area contributed by atoms with Gasteiger partial charge in [-0.15, -0.1) is 0 Å². The van der Waals surface area contributed by atoms with Crippen molar-refractivity contribution in [3.8, 4) is 34.0 Å². The van der Waals surface area contributed by atoms with E-state index in [1.807, 2.05) is 12.1 Å². The van der Waals surface area contributed by atoms with Crippen molar-refractivity contribution in [1.82, 2.24) is 19.1 Å². The smallest absolute Gasteiger partial charge is 0.238 e. The lowest BCUT2D eigenvalue weighted by molar-refractivity contribution is 0.651. The molecule has 13 aromatic rings. The van der Waals surface area contributed by atoms with Gasteiger partial charge < -0.3 is 8.98 Å². The Morgan fingerprint density at radius 3 is 1.97 bits per heavy atom. The van der Waals surface area contributed by atoms with Crippen LogP contribution in [0, 0.1) is 0 Å². The molecule has 290 valence electrons. The maximum atomic E-state index is 6.74. The van der Waals surface area contributed by atoms with Crippen LogP contribution >= 0.6 is 0 Å². The molecule has 0 N–H and O–H groups in total. The molecule has 14 rings (SSSR count). The van der Waals surface area contributed by atoms with Crippen molar-refractivity contribution in [2.45, 2.75) is 19.3 Å². The molecule has 5 nitrogen and oxygen atoms in total. The van der Waals surface area contributed by atoms with E-state index in [0.29, 0.717) is 11.7 Å². The second kappa shape index (κ2) is 12.1. The van der Waals surface area contributed by atoms with E-state index in [1.165, 1.54) is 60.0 Å². The van der Waals surface area contributed by atoms with Crippen LogP contribution in [0.5, 0.6) is 0 Å². The highest BCUT2D eigenvalue weighted by molar-refractivity contribution is 6.39. The van der Waals surface area contributed by atoms with Gasteiger partial charge in [-0.25, -0.2) is 4.98 Å². The van der Waals surface area contributed by atoms with E-state index in [9.17, 15) is 0 Å². The number of aromatic nitrogens is 4. The zero-order valence-corrected chi connectivity index (χ0v) is 34.0. The van der Waals surface area contributed by atoms with E-state index in [0.717, 1.165) is 60.8 Å². The van der Waals surface area contributed by atoms with Crippen LogP contribution in [0.2, 0.25) is 0 Å². The Balaban J connectivity index is 1.19. The summed E-state index contributed by atoms with van der Waals surface area (Å²) in [6, 6.07) is 65.7. The van der Waals surface area contributed by atoms with Crippen LogP contribution in [0.15, 0.2) is 186 Å². The number of benzene rings is 9. The van der Waals surface area contributed by atoms with E-state index in [2.05, 4.69) is 193 Å². The molecule has 0 bridgehead atoms. The van der Waals surface area contributed by atoms with Gasteiger partial charge in [-0.1, -0.05) is 159 Å². The van der Waals surface area contributed by atoms with Crippen molar-refractivity contribution >= 4 is 87.2 Å². The molecular weight excluding hydrogens is 757 g/mol. The lowest BCUT2D eigenvalue weighted by Gasteiger charge is -2.22. The van der Waals surface area contributed by atoms with Crippen molar-refractivity contribution in [3.63, 3.8) is 0 Å². The largest absolute Gasteiger partial charge is 0.437 e. The molecule has 9 aromatic carbocycles. The standard InChI is InChI=1S/C57H36N4O/c1-57(2)43-25-13-10-20-37(43)38-30-28-34(32-44(38)57)52-51-42-24-12-15-27-47(42)62-55(51)59-56(58-52)61-45-26-14-11-23-41(45)48-39-21-8-9-22-40(39)50-49-36-19-7-6-16-33(36)29-31-46(49)60(54(50)53(48)61)35-17-4-3-5-18-35/h3-32H,1-2H3. The Bertz CT molecular complexity index is 4070. The normalized spacial score (nSPS) is 13.5. The van der Waals surface area contributed by atoms with Gasteiger partial charge in [0.15, 0.2) is 0 Å². The molecule has 0 fully saturated rings. The van der Waals surface area contributed by atoms with E-state index < -0.39 is 0 Å². The quantitative estimate of drug-likeness (QED) is 0.179. The molecule has 4 aromatic heterocycles. The van der Waals surface area contributed by atoms with Crippen LogP contribution in [0.25, 0.3) is 121 Å². The minimum Gasteiger partial charge on any atom is -0.437 e. The Morgan fingerprint density at radius 2 is 1.11 bits per heavy atom. The summed E-state index contributed by atoms with van der Waals surface area (Å²) >= 11 is 0. The summed E-state index contributed by atoms with van der Waals surface area (Å²) in [6.07, 6.45) is 0. The first-order valence-electron chi connectivity index (χ1n) is 21.3. The maximum Gasteiger partial charge on any atom is 0.238 e. The third kappa shape index (κ3) is 4.31. The summed E-state index contributed by atoms with van der Waals surface area (Å²) in [5.74, 6) is 0.562. The van der Waals surface area contributed by atoms with Gasteiger partial charge in [0.05, 0.1) is 33.1 Å². The summed E-state index contributed by atoms with van der Waals surface area (Å²) in [5, 5.41) is 11.5. The first kappa shape index (κ1) is 33.8. The summed E-state index contributed by atoms with van der Waals surface area (Å²) in [4.78, 5) is 11.2. The molecule has 62 heavy (non-hydrogen) atoms. The van der Waals surface area contributed by atoms with Crippen LogP contribution in [-0.4, -0.2) is 19.1 Å². The highest BCUT2D eigenvalue weighted by Gasteiger charge is 2.36. The first-order chi connectivity index (χ1) is 30.5. The van der Waals surface area contributed by atoms with Gasteiger partial charge >= 0.3 is 0 Å². The van der Waals surface area contributed by atoms with Crippen molar-refractivity contribution in [3.05, 3.63) is 193 Å². The molecule has 0 radical (unpaired) electrons. The topological polar surface area (TPSA) is 48.8 Å². The second-order valence-electron chi connectivity index (χ2n) is 17.3. The number of para-hydroxylation sites is 3. The van der Waals surface area contributed by atoms with Crippen molar-refractivity contribution in [2.24, 2.45) is 0 Å². The van der Waals surface area contributed by atoms with Gasteiger partial charge in [-0.3, -0.25) is 4.57 Å². The van der Waals surface area contributed by atoms with Gasteiger partial charge in [0.1, 0.15) is 5.58 Å². The third-order valence-corrected chi connectivity index (χ3v) is 13.7. The molecule has 1 aliphatic rings. The SMILES string of the molecule is CC1(C)c2ccccc2-c2ccc(-c3nc(-n4c5ccccc5c5c6ccccc6c6c7c8ccccc8ccc7n(-c7ccccc7)c6c54)nc4oc5ccccc5c34)cc21. The average molecular weight is 793 g/mol. The molecule has 0 saturated heterocycles. The lowest BCUT2D eigenvalue weighted by Crippen LogP contribution is -2.15. The average Bonchev–Trinajstić information content (AvgIpc) is 4.04. The van der Waals surface area contributed by atoms with Gasteiger partial charge in [-0.2, -0.15) is 4.98 Å². The maximum absolute atomic E-state index is 6.74. The molecule has 0 saturated carbocycles. The van der Waals surface area contributed by atoms with Gasteiger partial charge in [-0.05, 0) is 80.2 Å². The van der Waals surface area contributed by atoms with Crippen LogP contribution in [0.4, 0.5) is 0 Å². The molecule has 0 unspecified atom stereocenters. The van der Waals surface area contributed by atoms with Gasteiger partial charge in [0.2, 0.25) is 11.7 Å². The van der Waals surface area contributed by atoms with Crippen LogP contribution in [0.3, 0.4) is 0 Å². The Labute approximate surface area is 355 Å². The first-order valence-corrected chi connectivity index (χ1v) is 21.3. The summed E-state index contributed by atoms with van der Waals surface area (Å²) in [5.41, 5.74) is 13.7. The number of nitrogens with zero attached hydrogens (tertiary/aromatic N) is 4. The molecule has 0 aliphatic heterocycles. The summed E-state index contributed by atoms with van der Waals surface area (Å²) in [7, 11) is 0. The number of fused-ring (bicyclic) bond motifs is 18. The van der Waals surface area contributed by atoms with Crippen molar-refractivity contribution in [2.75, 3.05) is 0 Å². The van der Waals surface area contributed by atoms with Crippen LogP contribution in [-0.2, 0) is 5.41 Å². The molecular formula is C57H36N4O. The Kier molecular flexibility index (Phi) is 6.57. The van der Waals surface area contributed by atoms with Crippen LogP contribution < -0.4 is 0 Å². The predicted octanol–water partition coefficient (Wildman–Crippen LogP) is 14.8. The minimum atomic E-state index is -0.177. The van der Waals surface area contributed by atoms with E-state index in [-0.39, 0.29) is 5.41 Å². The summed E-state index contributed by atoms with van der Waals surface area (Å²) in [6.45, 7) is 4.66. The summed E-state index contributed by atoms with van der Waals surface area (Å²) < 4.78 is 11.5. The van der Waals surface area contributed by atoms with E-state index >= 15 is 0 Å². The monoisotopic (exact) mass is 792 g/mol. The number of hydrogen-bond acceptors (Lipinski definition) is 3. The third-order valence-electron chi connectivity index (χ3n) is 13.7. The van der Waals surface area contributed by atoms with Crippen LogP contribution in [0.1, 0.15) is 25.0 Å². The van der Waals surface area contributed by atoms with E-state index in [1.54, 1.807) is 0 Å². The molecule has 0 atom stereocenters. The van der Waals surface area contributed by atoms with Crippen molar-refractivity contribution < 1.29 is 4.42 Å².